The summed E-state index contributed by atoms with van der Waals surface area (Å²) in [5.74, 6) is 0.823. The molecule has 0 aliphatic carbocycles. The first-order valence-electron chi connectivity index (χ1n) is 6.25. The zero-order chi connectivity index (χ0) is 14.1. The minimum Gasteiger partial charge on any atom is -0.496 e. The van der Waals surface area contributed by atoms with Gasteiger partial charge in [0.2, 0.25) is 0 Å². The number of aromatic nitrogens is 1. The lowest BCUT2D eigenvalue weighted by atomic mass is 10.2. The molecule has 0 amide bonds. The van der Waals surface area contributed by atoms with Crippen LogP contribution in [0.15, 0.2) is 48.7 Å². The molecule has 2 aromatic carbocycles. The number of rotatable bonds is 3. The minimum absolute atomic E-state index is 0.664. The third-order valence-electron chi connectivity index (χ3n) is 3.32. The minimum atomic E-state index is 0.664. The van der Waals surface area contributed by atoms with E-state index < -0.39 is 0 Å². The Labute approximate surface area is 127 Å². The van der Waals surface area contributed by atoms with Crippen LogP contribution in [0.5, 0.6) is 5.75 Å². The predicted octanol–water partition coefficient (Wildman–Crippen LogP) is 5.01. The molecule has 3 aromatic rings. The van der Waals surface area contributed by atoms with E-state index in [1.54, 1.807) is 7.11 Å². The lowest BCUT2D eigenvalue weighted by Crippen LogP contribution is -2.01. The van der Waals surface area contributed by atoms with Crippen LogP contribution in [0.25, 0.3) is 10.9 Å². The molecule has 3 rings (SSSR count). The second-order valence-electron chi connectivity index (χ2n) is 4.58. The van der Waals surface area contributed by atoms with Crippen LogP contribution < -0.4 is 4.74 Å². The van der Waals surface area contributed by atoms with Gasteiger partial charge in [0.1, 0.15) is 5.75 Å². The third-order valence-corrected chi connectivity index (χ3v) is 3.86. The molecular weight excluding hydrogens is 293 g/mol. The molecule has 0 unspecified atom stereocenters. The Morgan fingerprint density at radius 2 is 1.95 bits per heavy atom. The Hall–Kier alpha value is -1.64. The van der Waals surface area contributed by atoms with Crippen molar-refractivity contribution in [3.05, 3.63) is 64.3 Å². The highest BCUT2D eigenvalue weighted by Gasteiger charge is 2.09. The van der Waals surface area contributed by atoms with E-state index in [4.69, 9.17) is 27.9 Å². The largest absolute Gasteiger partial charge is 0.496 e. The summed E-state index contributed by atoms with van der Waals surface area (Å²) in [5, 5.41) is 2.57. The Kier molecular flexibility index (Phi) is 3.60. The van der Waals surface area contributed by atoms with Crippen molar-refractivity contribution in [3.8, 4) is 5.75 Å². The standard InChI is InChI=1S/C16H13Cl2NO/c1-20-15-6-5-13(17)9-12(15)10-19-8-7-11-3-2-4-14(18)16(11)19/h2-9H,10H2,1H3. The average molecular weight is 306 g/mol. The van der Waals surface area contributed by atoms with Crippen molar-refractivity contribution < 1.29 is 4.74 Å². The Morgan fingerprint density at radius 3 is 2.75 bits per heavy atom. The van der Waals surface area contributed by atoms with Crippen molar-refractivity contribution in [2.24, 2.45) is 0 Å². The first-order valence-corrected chi connectivity index (χ1v) is 7.00. The number of hydrogen-bond donors (Lipinski definition) is 0. The molecule has 102 valence electrons. The van der Waals surface area contributed by atoms with Gasteiger partial charge in [0.25, 0.3) is 0 Å². The lowest BCUT2D eigenvalue weighted by molar-refractivity contribution is 0.408. The molecule has 0 radical (unpaired) electrons. The van der Waals surface area contributed by atoms with Crippen LogP contribution in [0.2, 0.25) is 10.0 Å². The SMILES string of the molecule is COc1ccc(Cl)cc1Cn1ccc2cccc(Cl)c21. The topological polar surface area (TPSA) is 14.2 Å². The zero-order valence-corrected chi connectivity index (χ0v) is 12.4. The fourth-order valence-corrected chi connectivity index (χ4v) is 2.89. The third kappa shape index (κ3) is 2.37. The van der Waals surface area contributed by atoms with E-state index >= 15 is 0 Å². The number of benzene rings is 2. The first-order chi connectivity index (χ1) is 9.69. The summed E-state index contributed by atoms with van der Waals surface area (Å²) in [6.45, 7) is 0.664. The van der Waals surface area contributed by atoms with Crippen molar-refractivity contribution in [1.29, 1.82) is 0 Å². The van der Waals surface area contributed by atoms with Gasteiger partial charge in [-0.3, -0.25) is 0 Å². The summed E-state index contributed by atoms with van der Waals surface area (Å²) in [7, 11) is 1.66. The molecule has 0 saturated heterocycles. The summed E-state index contributed by atoms with van der Waals surface area (Å²) in [6.07, 6.45) is 2.02. The van der Waals surface area contributed by atoms with E-state index in [0.29, 0.717) is 11.6 Å². The molecule has 0 spiro atoms. The maximum absolute atomic E-state index is 6.30. The Bertz CT molecular complexity index is 764. The fraction of sp³-hybridized carbons (Fsp3) is 0.125. The smallest absolute Gasteiger partial charge is 0.123 e. The van der Waals surface area contributed by atoms with Crippen molar-refractivity contribution >= 4 is 34.1 Å². The normalized spacial score (nSPS) is 10.9. The second-order valence-corrected chi connectivity index (χ2v) is 5.42. The first kappa shape index (κ1) is 13.3. The molecule has 2 nitrogen and oxygen atoms in total. The average Bonchev–Trinajstić information content (AvgIpc) is 2.84. The molecule has 0 saturated carbocycles. The monoisotopic (exact) mass is 305 g/mol. The number of fused-ring (bicyclic) bond motifs is 1. The van der Waals surface area contributed by atoms with E-state index in [1.807, 2.05) is 42.6 Å². The molecule has 0 aliphatic rings. The zero-order valence-electron chi connectivity index (χ0n) is 10.9. The molecule has 20 heavy (non-hydrogen) atoms. The summed E-state index contributed by atoms with van der Waals surface area (Å²) in [5.41, 5.74) is 2.05. The summed E-state index contributed by atoms with van der Waals surface area (Å²) in [4.78, 5) is 0. The molecule has 1 aromatic heterocycles. The predicted molar refractivity (Wildman–Crippen MR) is 84.1 cm³/mol. The highest BCUT2D eigenvalue weighted by molar-refractivity contribution is 6.35. The van der Waals surface area contributed by atoms with Gasteiger partial charge in [-0.2, -0.15) is 0 Å². The molecule has 0 atom stereocenters. The van der Waals surface area contributed by atoms with Gasteiger partial charge in [0, 0.05) is 22.2 Å². The van der Waals surface area contributed by atoms with Gasteiger partial charge in [-0.1, -0.05) is 35.3 Å². The summed E-state index contributed by atoms with van der Waals surface area (Å²) in [6, 6.07) is 13.6. The van der Waals surface area contributed by atoms with E-state index in [9.17, 15) is 0 Å². The van der Waals surface area contributed by atoms with Crippen LogP contribution in [0.3, 0.4) is 0 Å². The highest BCUT2D eigenvalue weighted by Crippen LogP contribution is 2.28. The Balaban J connectivity index is 2.08. The van der Waals surface area contributed by atoms with Crippen LogP contribution in [-0.2, 0) is 6.54 Å². The molecule has 0 aliphatic heterocycles. The van der Waals surface area contributed by atoms with Gasteiger partial charge in [0.15, 0.2) is 0 Å². The quantitative estimate of drug-likeness (QED) is 0.664. The van der Waals surface area contributed by atoms with Crippen LogP contribution in [0.1, 0.15) is 5.56 Å². The van der Waals surface area contributed by atoms with E-state index in [0.717, 1.165) is 27.2 Å². The maximum Gasteiger partial charge on any atom is 0.123 e. The van der Waals surface area contributed by atoms with Crippen LogP contribution >= 0.6 is 23.2 Å². The maximum atomic E-state index is 6.30. The molecular formula is C16H13Cl2NO. The van der Waals surface area contributed by atoms with E-state index in [2.05, 4.69) is 10.6 Å². The van der Waals surface area contributed by atoms with Gasteiger partial charge in [0.05, 0.1) is 24.2 Å². The highest BCUT2D eigenvalue weighted by atomic mass is 35.5. The van der Waals surface area contributed by atoms with Gasteiger partial charge >= 0.3 is 0 Å². The van der Waals surface area contributed by atoms with Crippen molar-refractivity contribution in [3.63, 3.8) is 0 Å². The number of ether oxygens (including phenoxy) is 1. The van der Waals surface area contributed by atoms with Gasteiger partial charge < -0.3 is 9.30 Å². The van der Waals surface area contributed by atoms with Crippen molar-refractivity contribution in [1.82, 2.24) is 4.57 Å². The fourth-order valence-electron chi connectivity index (χ4n) is 2.40. The van der Waals surface area contributed by atoms with Gasteiger partial charge in [-0.25, -0.2) is 0 Å². The number of para-hydroxylation sites is 1. The van der Waals surface area contributed by atoms with Crippen LogP contribution in [0.4, 0.5) is 0 Å². The second kappa shape index (κ2) is 5.39. The molecule has 0 fully saturated rings. The number of nitrogens with zero attached hydrogens (tertiary/aromatic N) is 1. The van der Waals surface area contributed by atoms with E-state index in [-0.39, 0.29) is 0 Å². The number of hydrogen-bond acceptors (Lipinski definition) is 1. The Morgan fingerprint density at radius 1 is 1.10 bits per heavy atom. The number of methoxy groups -OCH3 is 1. The van der Waals surface area contributed by atoms with Crippen LogP contribution in [-0.4, -0.2) is 11.7 Å². The van der Waals surface area contributed by atoms with Gasteiger partial charge in [-0.05, 0) is 30.3 Å². The molecule has 1 heterocycles. The van der Waals surface area contributed by atoms with Crippen molar-refractivity contribution in [2.45, 2.75) is 6.54 Å². The van der Waals surface area contributed by atoms with Crippen LogP contribution in [0, 0.1) is 0 Å². The molecule has 0 bridgehead atoms. The molecule has 0 N–H and O–H groups in total. The van der Waals surface area contributed by atoms with Gasteiger partial charge in [-0.15, -0.1) is 0 Å². The van der Waals surface area contributed by atoms with Crippen molar-refractivity contribution in [2.75, 3.05) is 7.11 Å². The number of halogens is 2. The molecule has 4 heteroatoms. The summed E-state index contributed by atoms with van der Waals surface area (Å²) >= 11 is 12.4. The van der Waals surface area contributed by atoms with E-state index in [1.165, 1.54) is 0 Å². The summed E-state index contributed by atoms with van der Waals surface area (Å²) < 4.78 is 7.49. The lowest BCUT2D eigenvalue weighted by Gasteiger charge is -2.11.